The highest BCUT2D eigenvalue weighted by Crippen LogP contribution is 2.13. The zero-order valence-corrected chi connectivity index (χ0v) is 16.6. The highest BCUT2D eigenvalue weighted by Gasteiger charge is 2.11. The maximum Gasteiger partial charge on any atom is 0.261 e. The Kier molecular flexibility index (Phi) is 5.59. The van der Waals surface area contributed by atoms with Crippen LogP contribution in [0.2, 0.25) is 5.02 Å². The number of carbonyl (C=O) groups is 1. The van der Waals surface area contributed by atoms with Gasteiger partial charge in [-0.3, -0.25) is 14.2 Å². The second-order valence-corrected chi connectivity index (χ2v) is 7.25. The summed E-state index contributed by atoms with van der Waals surface area (Å²) in [5.74, 6) is -0.662. The second kappa shape index (κ2) is 8.47. The Morgan fingerprint density at radius 2 is 1.90 bits per heavy atom. The van der Waals surface area contributed by atoms with Crippen LogP contribution in [0.4, 0.5) is 4.39 Å². The van der Waals surface area contributed by atoms with Crippen LogP contribution >= 0.6 is 11.6 Å². The number of amides is 1. The van der Waals surface area contributed by atoms with E-state index in [1.165, 1.54) is 17.0 Å². The van der Waals surface area contributed by atoms with Gasteiger partial charge in [0.1, 0.15) is 5.82 Å². The molecule has 0 aliphatic carbocycles. The summed E-state index contributed by atoms with van der Waals surface area (Å²) in [6, 6.07) is 18.2. The number of nitrogens with zero attached hydrogens (tertiary/aromatic N) is 2. The lowest BCUT2D eigenvalue weighted by atomic mass is 10.1. The van der Waals surface area contributed by atoms with E-state index in [0.717, 1.165) is 5.56 Å². The number of halogens is 2. The number of rotatable bonds is 5. The number of aromatic nitrogens is 2. The van der Waals surface area contributed by atoms with Gasteiger partial charge in [-0.2, -0.15) is 0 Å². The first kappa shape index (κ1) is 19.8. The van der Waals surface area contributed by atoms with Gasteiger partial charge in [-0.25, -0.2) is 9.37 Å². The average molecular weight is 422 g/mol. The predicted molar refractivity (Wildman–Crippen MR) is 114 cm³/mol. The smallest absolute Gasteiger partial charge is 0.261 e. The van der Waals surface area contributed by atoms with Crippen molar-refractivity contribution >= 4 is 28.4 Å². The molecule has 1 heterocycles. The SMILES string of the molecule is O=C(NCc1cccc(Cl)c1)c1ccc2c(=O)n(Cc3ccccc3F)cnc2c1. The largest absolute Gasteiger partial charge is 0.348 e. The fraction of sp³-hybridized carbons (Fsp3) is 0.0870. The molecule has 0 aliphatic rings. The van der Waals surface area contributed by atoms with E-state index in [9.17, 15) is 14.0 Å². The molecule has 0 unspecified atom stereocenters. The van der Waals surface area contributed by atoms with Crippen LogP contribution in [-0.4, -0.2) is 15.5 Å². The highest BCUT2D eigenvalue weighted by molar-refractivity contribution is 6.30. The van der Waals surface area contributed by atoms with Gasteiger partial charge < -0.3 is 5.32 Å². The van der Waals surface area contributed by atoms with Gasteiger partial charge in [0.05, 0.1) is 23.8 Å². The Morgan fingerprint density at radius 1 is 1.07 bits per heavy atom. The lowest BCUT2D eigenvalue weighted by molar-refractivity contribution is 0.0951. The third-order valence-electron chi connectivity index (χ3n) is 4.73. The molecule has 4 rings (SSSR count). The van der Waals surface area contributed by atoms with Crippen molar-refractivity contribution in [1.82, 2.24) is 14.9 Å². The zero-order valence-electron chi connectivity index (χ0n) is 15.8. The van der Waals surface area contributed by atoms with Gasteiger partial charge in [0.2, 0.25) is 0 Å². The molecule has 150 valence electrons. The molecule has 0 aliphatic heterocycles. The van der Waals surface area contributed by atoms with Crippen LogP contribution in [0.25, 0.3) is 10.9 Å². The summed E-state index contributed by atoms with van der Waals surface area (Å²) in [4.78, 5) is 29.5. The summed E-state index contributed by atoms with van der Waals surface area (Å²) >= 11 is 5.96. The number of hydrogen-bond donors (Lipinski definition) is 1. The summed E-state index contributed by atoms with van der Waals surface area (Å²) in [7, 11) is 0. The average Bonchev–Trinajstić information content (AvgIpc) is 2.75. The van der Waals surface area contributed by atoms with Crippen molar-refractivity contribution in [2.24, 2.45) is 0 Å². The molecule has 1 amide bonds. The standard InChI is InChI=1S/C23H17ClFN3O2/c24-18-6-3-4-15(10-18)12-26-22(29)16-8-9-19-21(11-16)27-14-28(23(19)30)13-17-5-1-2-7-20(17)25/h1-11,14H,12-13H2,(H,26,29). The van der Waals surface area contributed by atoms with Gasteiger partial charge in [0.25, 0.3) is 11.5 Å². The molecule has 0 spiro atoms. The molecule has 0 bridgehead atoms. The van der Waals surface area contributed by atoms with E-state index >= 15 is 0 Å². The maximum absolute atomic E-state index is 13.9. The minimum atomic E-state index is -0.379. The number of fused-ring (bicyclic) bond motifs is 1. The van der Waals surface area contributed by atoms with E-state index in [0.29, 0.717) is 33.6 Å². The third kappa shape index (κ3) is 4.23. The molecule has 0 radical (unpaired) electrons. The van der Waals surface area contributed by atoms with Gasteiger partial charge in [0, 0.05) is 22.7 Å². The summed E-state index contributed by atoms with van der Waals surface area (Å²) in [5, 5.41) is 3.78. The Bertz CT molecular complexity index is 1300. The minimum Gasteiger partial charge on any atom is -0.348 e. The van der Waals surface area contributed by atoms with Crippen LogP contribution in [0.15, 0.2) is 77.9 Å². The molecule has 5 nitrogen and oxygen atoms in total. The van der Waals surface area contributed by atoms with Crippen LogP contribution in [0.1, 0.15) is 21.5 Å². The van der Waals surface area contributed by atoms with Gasteiger partial charge in [-0.1, -0.05) is 41.9 Å². The molecule has 0 saturated carbocycles. The fourth-order valence-electron chi connectivity index (χ4n) is 3.15. The minimum absolute atomic E-state index is 0.0797. The number of nitrogens with one attached hydrogen (secondary N) is 1. The lowest BCUT2D eigenvalue weighted by Crippen LogP contribution is -2.24. The predicted octanol–water partition coefficient (Wildman–Crippen LogP) is 4.17. The molecule has 30 heavy (non-hydrogen) atoms. The van der Waals surface area contributed by atoms with E-state index in [4.69, 9.17) is 11.6 Å². The first-order chi connectivity index (χ1) is 14.5. The summed E-state index contributed by atoms with van der Waals surface area (Å²) in [6.07, 6.45) is 1.37. The van der Waals surface area contributed by atoms with Crippen molar-refractivity contribution in [1.29, 1.82) is 0 Å². The number of benzene rings is 3. The molecule has 3 aromatic carbocycles. The Balaban J connectivity index is 1.55. The molecule has 4 aromatic rings. The van der Waals surface area contributed by atoms with E-state index in [-0.39, 0.29) is 23.8 Å². The monoisotopic (exact) mass is 421 g/mol. The summed E-state index contributed by atoms with van der Waals surface area (Å²) in [5.41, 5.74) is 1.78. The van der Waals surface area contributed by atoms with Crippen LogP contribution < -0.4 is 10.9 Å². The fourth-order valence-corrected chi connectivity index (χ4v) is 3.37. The topological polar surface area (TPSA) is 64.0 Å². The Hall–Kier alpha value is -3.51. The molecule has 0 atom stereocenters. The first-order valence-corrected chi connectivity index (χ1v) is 9.64. The van der Waals surface area contributed by atoms with Crippen molar-refractivity contribution in [2.75, 3.05) is 0 Å². The quantitative estimate of drug-likeness (QED) is 0.526. The van der Waals surface area contributed by atoms with Gasteiger partial charge in [0.15, 0.2) is 0 Å². The Morgan fingerprint density at radius 3 is 2.70 bits per heavy atom. The molecule has 0 saturated heterocycles. The summed E-state index contributed by atoms with van der Waals surface area (Å²) in [6.45, 7) is 0.408. The third-order valence-corrected chi connectivity index (χ3v) is 4.96. The lowest BCUT2D eigenvalue weighted by Gasteiger charge is -2.09. The molecular weight excluding hydrogens is 405 g/mol. The molecule has 0 fully saturated rings. The van der Waals surface area contributed by atoms with Crippen LogP contribution in [0, 0.1) is 5.82 Å². The molecular formula is C23H17ClFN3O2. The van der Waals surface area contributed by atoms with Crippen molar-refractivity contribution in [3.05, 3.63) is 111 Å². The Labute approximate surface area is 176 Å². The van der Waals surface area contributed by atoms with Crippen LogP contribution in [0.3, 0.4) is 0 Å². The number of carbonyl (C=O) groups excluding carboxylic acids is 1. The van der Waals surface area contributed by atoms with Crippen molar-refractivity contribution in [2.45, 2.75) is 13.1 Å². The maximum atomic E-state index is 13.9. The van der Waals surface area contributed by atoms with E-state index in [1.54, 1.807) is 48.5 Å². The highest BCUT2D eigenvalue weighted by atomic mass is 35.5. The first-order valence-electron chi connectivity index (χ1n) is 9.26. The van der Waals surface area contributed by atoms with Gasteiger partial charge >= 0.3 is 0 Å². The molecule has 1 aromatic heterocycles. The normalized spacial score (nSPS) is 10.9. The van der Waals surface area contributed by atoms with Gasteiger partial charge in [-0.05, 0) is 42.0 Å². The second-order valence-electron chi connectivity index (χ2n) is 6.81. The van der Waals surface area contributed by atoms with Crippen LogP contribution in [0.5, 0.6) is 0 Å². The van der Waals surface area contributed by atoms with Gasteiger partial charge in [-0.15, -0.1) is 0 Å². The van der Waals surface area contributed by atoms with Crippen molar-refractivity contribution in [3.63, 3.8) is 0 Å². The van der Waals surface area contributed by atoms with E-state index in [2.05, 4.69) is 10.3 Å². The summed E-state index contributed by atoms with van der Waals surface area (Å²) < 4.78 is 15.2. The molecule has 1 N–H and O–H groups in total. The van der Waals surface area contributed by atoms with Crippen molar-refractivity contribution < 1.29 is 9.18 Å². The van der Waals surface area contributed by atoms with E-state index < -0.39 is 0 Å². The van der Waals surface area contributed by atoms with Crippen LogP contribution in [-0.2, 0) is 13.1 Å². The molecule has 7 heteroatoms. The van der Waals surface area contributed by atoms with E-state index in [1.807, 2.05) is 12.1 Å². The number of hydrogen-bond acceptors (Lipinski definition) is 3. The zero-order chi connectivity index (χ0) is 21.1. The van der Waals surface area contributed by atoms with Crippen molar-refractivity contribution in [3.8, 4) is 0 Å².